The van der Waals surface area contributed by atoms with Crippen LogP contribution in [0.2, 0.25) is 0 Å². The molecule has 1 unspecified atom stereocenters. The van der Waals surface area contributed by atoms with Gasteiger partial charge in [0.25, 0.3) is 0 Å². The zero-order chi connectivity index (χ0) is 19.3. The van der Waals surface area contributed by atoms with Gasteiger partial charge < -0.3 is 9.64 Å². The van der Waals surface area contributed by atoms with Crippen LogP contribution in [0.3, 0.4) is 0 Å². The number of aromatic nitrogens is 2. The average Bonchev–Trinajstić information content (AvgIpc) is 3.38. The minimum absolute atomic E-state index is 0.195. The normalized spacial score (nSPS) is 16.5. The third kappa shape index (κ3) is 3.94. The topological polar surface area (TPSA) is 47.4 Å². The maximum absolute atomic E-state index is 12.8. The van der Waals surface area contributed by atoms with Crippen molar-refractivity contribution in [2.45, 2.75) is 26.2 Å². The predicted molar refractivity (Wildman–Crippen MR) is 111 cm³/mol. The lowest BCUT2D eigenvalue weighted by molar-refractivity contribution is -0.131. The van der Waals surface area contributed by atoms with Crippen LogP contribution in [-0.4, -0.2) is 46.7 Å². The zero-order valence-electron chi connectivity index (χ0n) is 16.4. The number of nitrogens with zero attached hydrogens (tertiary/aromatic N) is 3. The van der Waals surface area contributed by atoms with Gasteiger partial charge in [-0.1, -0.05) is 30.3 Å². The number of ether oxygens (including phenoxy) is 1. The summed E-state index contributed by atoms with van der Waals surface area (Å²) in [5, 5.41) is 0. The van der Waals surface area contributed by atoms with Gasteiger partial charge in [-0.25, -0.2) is 4.98 Å². The van der Waals surface area contributed by atoms with Gasteiger partial charge >= 0.3 is 0 Å². The highest BCUT2D eigenvalue weighted by Gasteiger charge is 2.22. The number of amides is 1. The minimum Gasteiger partial charge on any atom is -0.381 e. The molecule has 1 saturated heterocycles. The van der Waals surface area contributed by atoms with E-state index in [2.05, 4.69) is 22.8 Å². The van der Waals surface area contributed by atoms with Gasteiger partial charge in [-0.3, -0.25) is 9.36 Å². The van der Waals surface area contributed by atoms with E-state index in [0.717, 1.165) is 55.3 Å². The van der Waals surface area contributed by atoms with Crippen molar-refractivity contribution in [2.24, 2.45) is 5.92 Å². The van der Waals surface area contributed by atoms with Crippen LogP contribution < -0.4 is 0 Å². The van der Waals surface area contributed by atoms with E-state index < -0.39 is 0 Å². The summed E-state index contributed by atoms with van der Waals surface area (Å²) >= 11 is 0. The maximum atomic E-state index is 12.8. The van der Waals surface area contributed by atoms with Crippen LogP contribution in [0.25, 0.3) is 16.7 Å². The van der Waals surface area contributed by atoms with Crippen molar-refractivity contribution in [2.75, 3.05) is 26.3 Å². The number of hydrogen-bond acceptors (Lipinski definition) is 3. The number of aryl methyl sites for hydroxylation is 1. The van der Waals surface area contributed by atoms with Crippen LogP contribution in [0.5, 0.6) is 0 Å². The fraction of sp³-hybridized carbons (Fsp3) is 0.391. The van der Waals surface area contributed by atoms with Crippen molar-refractivity contribution in [3.8, 4) is 5.69 Å². The molecule has 0 radical (unpaired) electrons. The van der Waals surface area contributed by atoms with Gasteiger partial charge in [-0.05, 0) is 37.6 Å². The number of para-hydroxylation sites is 3. The third-order valence-corrected chi connectivity index (χ3v) is 5.44. The molecule has 2 heterocycles. The Morgan fingerprint density at radius 3 is 2.71 bits per heavy atom. The molecule has 28 heavy (non-hydrogen) atoms. The van der Waals surface area contributed by atoms with Crippen LogP contribution in [0, 0.1) is 5.92 Å². The molecule has 2 aromatic carbocycles. The fourth-order valence-electron chi connectivity index (χ4n) is 3.93. The van der Waals surface area contributed by atoms with Crippen molar-refractivity contribution in [1.82, 2.24) is 14.5 Å². The second-order valence-corrected chi connectivity index (χ2v) is 7.35. The highest BCUT2D eigenvalue weighted by molar-refractivity contribution is 5.79. The van der Waals surface area contributed by atoms with E-state index in [9.17, 15) is 4.79 Å². The molecular formula is C23H27N3O2. The van der Waals surface area contributed by atoms with Crippen molar-refractivity contribution in [1.29, 1.82) is 0 Å². The Morgan fingerprint density at radius 1 is 1.18 bits per heavy atom. The van der Waals surface area contributed by atoms with Crippen molar-refractivity contribution < 1.29 is 9.53 Å². The molecule has 0 saturated carbocycles. The van der Waals surface area contributed by atoms with E-state index in [1.807, 2.05) is 48.2 Å². The Hall–Kier alpha value is -2.66. The quantitative estimate of drug-likeness (QED) is 0.628. The highest BCUT2D eigenvalue weighted by atomic mass is 16.5. The molecule has 0 spiro atoms. The average molecular weight is 377 g/mol. The summed E-state index contributed by atoms with van der Waals surface area (Å²) in [6.45, 7) is 5.17. The number of carbonyl (C=O) groups is 1. The van der Waals surface area contributed by atoms with E-state index in [4.69, 9.17) is 9.72 Å². The van der Waals surface area contributed by atoms with Gasteiger partial charge in [0.05, 0.1) is 17.6 Å². The van der Waals surface area contributed by atoms with E-state index in [0.29, 0.717) is 18.8 Å². The maximum Gasteiger partial charge on any atom is 0.223 e. The lowest BCUT2D eigenvalue weighted by Crippen LogP contribution is -2.35. The summed E-state index contributed by atoms with van der Waals surface area (Å²) in [7, 11) is 0. The van der Waals surface area contributed by atoms with Gasteiger partial charge in [-0.15, -0.1) is 0 Å². The summed E-state index contributed by atoms with van der Waals surface area (Å²) in [6.07, 6.45) is 2.14. The van der Waals surface area contributed by atoms with Gasteiger partial charge in [-0.2, -0.15) is 0 Å². The predicted octanol–water partition coefficient (Wildman–Crippen LogP) is 3.84. The molecule has 0 aliphatic carbocycles. The fourth-order valence-corrected chi connectivity index (χ4v) is 3.93. The first-order valence-corrected chi connectivity index (χ1v) is 10.1. The van der Waals surface area contributed by atoms with Crippen LogP contribution in [0.4, 0.5) is 0 Å². The molecule has 3 aromatic rings. The molecule has 0 bridgehead atoms. The highest BCUT2D eigenvalue weighted by Crippen LogP contribution is 2.22. The molecule has 1 fully saturated rings. The number of hydrogen-bond donors (Lipinski definition) is 0. The van der Waals surface area contributed by atoms with Crippen LogP contribution >= 0.6 is 0 Å². The Morgan fingerprint density at radius 2 is 1.96 bits per heavy atom. The van der Waals surface area contributed by atoms with Gasteiger partial charge in [0.1, 0.15) is 5.82 Å². The molecule has 1 aromatic heterocycles. The molecule has 1 atom stereocenters. The van der Waals surface area contributed by atoms with Crippen LogP contribution in [0.15, 0.2) is 54.6 Å². The Kier molecular flexibility index (Phi) is 5.72. The number of benzene rings is 2. The standard InChI is InChI=1S/C23H27N3O2/c1-2-25(16-18-14-15-28-17-18)23(27)13-12-22-24-20-10-6-7-11-21(20)26(22)19-8-4-3-5-9-19/h3-11,18H,2,12-17H2,1H3. The summed E-state index contributed by atoms with van der Waals surface area (Å²) < 4.78 is 7.63. The monoisotopic (exact) mass is 377 g/mol. The van der Waals surface area contributed by atoms with Gasteiger partial charge in [0, 0.05) is 44.1 Å². The lowest BCUT2D eigenvalue weighted by atomic mass is 10.1. The Labute approximate surface area is 165 Å². The van der Waals surface area contributed by atoms with Crippen LogP contribution in [0.1, 0.15) is 25.6 Å². The molecule has 5 heteroatoms. The van der Waals surface area contributed by atoms with Crippen LogP contribution in [-0.2, 0) is 16.0 Å². The molecule has 5 nitrogen and oxygen atoms in total. The van der Waals surface area contributed by atoms with E-state index in [1.165, 1.54) is 0 Å². The number of imidazole rings is 1. The second kappa shape index (κ2) is 8.57. The second-order valence-electron chi connectivity index (χ2n) is 7.35. The molecule has 0 N–H and O–H groups in total. The zero-order valence-corrected chi connectivity index (χ0v) is 16.4. The molecule has 1 aliphatic heterocycles. The van der Waals surface area contributed by atoms with E-state index in [1.54, 1.807) is 0 Å². The van der Waals surface area contributed by atoms with Gasteiger partial charge in [0.2, 0.25) is 5.91 Å². The summed E-state index contributed by atoms with van der Waals surface area (Å²) in [6, 6.07) is 18.4. The summed E-state index contributed by atoms with van der Waals surface area (Å²) in [5.74, 6) is 1.60. The van der Waals surface area contributed by atoms with E-state index in [-0.39, 0.29) is 5.91 Å². The first-order chi connectivity index (χ1) is 13.8. The summed E-state index contributed by atoms with van der Waals surface area (Å²) in [5.41, 5.74) is 3.12. The Bertz CT molecular complexity index is 929. The first kappa shape index (κ1) is 18.7. The largest absolute Gasteiger partial charge is 0.381 e. The number of fused-ring (bicyclic) bond motifs is 1. The summed E-state index contributed by atoms with van der Waals surface area (Å²) in [4.78, 5) is 19.6. The van der Waals surface area contributed by atoms with Crippen molar-refractivity contribution in [3.05, 3.63) is 60.4 Å². The SMILES string of the molecule is CCN(CC1CCOC1)C(=O)CCc1nc2ccccc2n1-c1ccccc1. The Balaban J connectivity index is 1.53. The number of carbonyl (C=O) groups excluding carboxylic acids is 1. The third-order valence-electron chi connectivity index (χ3n) is 5.44. The van der Waals surface area contributed by atoms with E-state index >= 15 is 0 Å². The molecule has 4 rings (SSSR count). The van der Waals surface area contributed by atoms with Crippen molar-refractivity contribution >= 4 is 16.9 Å². The molecule has 1 amide bonds. The first-order valence-electron chi connectivity index (χ1n) is 10.1. The van der Waals surface area contributed by atoms with Gasteiger partial charge in [0.15, 0.2) is 0 Å². The molecule has 1 aliphatic rings. The molecular weight excluding hydrogens is 350 g/mol. The smallest absolute Gasteiger partial charge is 0.223 e. The number of rotatable bonds is 7. The molecule has 146 valence electrons. The minimum atomic E-state index is 0.195. The van der Waals surface area contributed by atoms with Crippen molar-refractivity contribution in [3.63, 3.8) is 0 Å². The lowest BCUT2D eigenvalue weighted by Gasteiger charge is -2.23.